The summed E-state index contributed by atoms with van der Waals surface area (Å²) in [5.41, 5.74) is -0.247. The highest BCUT2D eigenvalue weighted by Crippen LogP contribution is 2.22. The van der Waals surface area contributed by atoms with Crippen LogP contribution < -0.4 is 0 Å². The number of Topliss-reactive ketones (excluding diaryl/α,β-unsaturated/α-hetero) is 1. The summed E-state index contributed by atoms with van der Waals surface area (Å²) < 4.78 is 37.7. The topological polar surface area (TPSA) is 51.2 Å². The summed E-state index contributed by atoms with van der Waals surface area (Å²) >= 11 is 5.80. The largest absolute Gasteiger partial charge is 0.293 e. The first-order valence-corrected chi connectivity index (χ1v) is 7.70. The Balaban J connectivity index is 2.33. The van der Waals surface area contributed by atoms with Gasteiger partial charge in [-0.3, -0.25) is 4.79 Å². The van der Waals surface area contributed by atoms with E-state index in [9.17, 15) is 17.6 Å². The van der Waals surface area contributed by atoms with Gasteiger partial charge >= 0.3 is 0 Å². The second-order valence-electron chi connectivity index (χ2n) is 4.09. The van der Waals surface area contributed by atoms with Crippen LogP contribution in [0.3, 0.4) is 0 Å². The van der Waals surface area contributed by atoms with Crippen LogP contribution in [0.4, 0.5) is 4.39 Å². The van der Waals surface area contributed by atoms with Crippen molar-refractivity contribution < 1.29 is 17.6 Å². The molecule has 20 heavy (non-hydrogen) atoms. The average molecular weight is 313 g/mol. The molecule has 3 nitrogen and oxygen atoms in total. The normalized spacial score (nSPS) is 11.3. The van der Waals surface area contributed by atoms with Crippen molar-refractivity contribution in [1.82, 2.24) is 0 Å². The smallest absolute Gasteiger partial charge is 0.187 e. The first-order valence-electron chi connectivity index (χ1n) is 5.67. The summed E-state index contributed by atoms with van der Waals surface area (Å²) in [4.78, 5) is 11.8. The fourth-order valence-electron chi connectivity index (χ4n) is 1.71. The zero-order chi connectivity index (χ0) is 14.8. The maximum Gasteiger partial charge on any atom is 0.187 e. The molecule has 2 aromatic carbocycles. The fraction of sp³-hybridized carbons (Fsp3) is 0.0714. The second kappa shape index (κ2) is 5.73. The Hall–Kier alpha value is -1.72. The molecule has 2 rings (SSSR count). The molecular formula is C14H10ClFO3S. The number of hydrogen-bond donors (Lipinski definition) is 0. The number of hydrogen-bond acceptors (Lipinski definition) is 3. The predicted octanol–water partition coefficient (Wildman–Crippen LogP) is 3.14. The van der Waals surface area contributed by atoms with Crippen LogP contribution in [0.5, 0.6) is 0 Å². The Morgan fingerprint density at radius 3 is 2.30 bits per heavy atom. The van der Waals surface area contributed by atoms with Gasteiger partial charge in [-0.2, -0.15) is 0 Å². The molecule has 0 amide bonds. The molecule has 0 heterocycles. The molecule has 0 radical (unpaired) electrons. The average Bonchev–Trinajstić information content (AvgIpc) is 2.38. The third-order valence-electron chi connectivity index (χ3n) is 2.67. The third kappa shape index (κ3) is 3.05. The number of carbonyl (C=O) groups excluding carboxylic acids is 1. The third-order valence-corrected chi connectivity index (χ3v) is 4.78. The summed E-state index contributed by atoms with van der Waals surface area (Å²) in [6.07, 6.45) is 0. The molecule has 0 aliphatic heterocycles. The second-order valence-corrected chi connectivity index (χ2v) is 6.46. The molecule has 0 spiro atoms. The van der Waals surface area contributed by atoms with Gasteiger partial charge in [-0.05, 0) is 24.3 Å². The molecule has 0 aliphatic carbocycles. The molecule has 0 saturated carbocycles. The summed E-state index contributed by atoms with van der Waals surface area (Å²) in [6, 6.07) is 11.1. The molecule has 0 bridgehead atoms. The van der Waals surface area contributed by atoms with Gasteiger partial charge in [-0.25, -0.2) is 12.8 Å². The van der Waals surface area contributed by atoms with Crippen LogP contribution in [0.25, 0.3) is 0 Å². The standard InChI is InChI=1S/C14H10ClFO3S/c15-11-6-2-4-8-14(11)20(18,19)9-13(17)10-5-1-3-7-12(10)16/h1-8H,9H2. The van der Waals surface area contributed by atoms with Crippen molar-refractivity contribution in [1.29, 1.82) is 0 Å². The minimum Gasteiger partial charge on any atom is -0.293 e. The Bertz CT molecular complexity index is 757. The van der Waals surface area contributed by atoms with E-state index in [0.717, 1.165) is 6.07 Å². The van der Waals surface area contributed by atoms with Crippen molar-refractivity contribution in [2.24, 2.45) is 0 Å². The van der Waals surface area contributed by atoms with E-state index < -0.39 is 27.2 Å². The van der Waals surface area contributed by atoms with Gasteiger partial charge in [0.1, 0.15) is 11.6 Å². The van der Waals surface area contributed by atoms with E-state index in [1.165, 1.54) is 36.4 Å². The van der Waals surface area contributed by atoms with Gasteiger partial charge < -0.3 is 0 Å². The molecule has 0 atom stereocenters. The van der Waals surface area contributed by atoms with Crippen LogP contribution in [0.1, 0.15) is 10.4 Å². The molecule has 0 aromatic heterocycles. The van der Waals surface area contributed by atoms with Gasteiger partial charge in [0, 0.05) is 0 Å². The molecule has 6 heteroatoms. The van der Waals surface area contributed by atoms with E-state index in [-0.39, 0.29) is 15.5 Å². The van der Waals surface area contributed by atoms with Crippen molar-refractivity contribution in [3.8, 4) is 0 Å². The molecule has 0 aliphatic rings. The number of benzene rings is 2. The van der Waals surface area contributed by atoms with Crippen LogP contribution in [0.2, 0.25) is 5.02 Å². The van der Waals surface area contributed by atoms with Crippen LogP contribution >= 0.6 is 11.6 Å². The lowest BCUT2D eigenvalue weighted by molar-refractivity contribution is 0.101. The predicted molar refractivity (Wildman–Crippen MR) is 74.2 cm³/mol. The molecule has 0 unspecified atom stereocenters. The molecule has 0 fully saturated rings. The zero-order valence-electron chi connectivity index (χ0n) is 10.2. The number of sulfone groups is 1. The fourth-order valence-corrected chi connectivity index (χ4v) is 3.51. The molecular weight excluding hydrogens is 303 g/mol. The first kappa shape index (κ1) is 14.7. The summed E-state index contributed by atoms with van der Waals surface area (Å²) in [5.74, 6) is -2.37. The van der Waals surface area contributed by atoms with Gasteiger partial charge in [0.25, 0.3) is 0 Å². The Kier molecular flexibility index (Phi) is 4.20. The van der Waals surface area contributed by atoms with Gasteiger partial charge in [0.15, 0.2) is 15.6 Å². The lowest BCUT2D eigenvalue weighted by atomic mass is 10.1. The SMILES string of the molecule is O=C(CS(=O)(=O)c1ccccc1Cl)c1ccccc1F. The van der Waals surface area contributed by atoms with Crippen LogP contribution in [-0.2, 0) is 9.84 Å². The van der Waals surface area contributed by atoms with E-state index in [1.807, 2.05) is 0 Å². The van der Waals surface area contributed by atoms with E-state index in [0.29, 0.717) is 0 Å². The van der Waals surface area contributed by atoms with Gasteiger partial charge in [-0.1, -0.05) is 35.9 Å². The maximum atomic E-state index is 13.5. The summed E-state index contributed by atoms with van der Waals surface area (Å²) in [6.45, 7) is 0. The Labute approximate surface area is 120 Å². The quantitative estimate of drug-likeness (QED) is 0.815. The number of carbonyl (C=O) groups is 1. The van der Waals surface area contributed by atoms with E-state index in [1.54, 1.807) is 6.07 Å². The summed E-state index contributed by atoms with van der Waals surface area (Å²) in [7, 11) is -3.90. The van der Waals surface area contributed by atoms with Gasteiger partial charge in [0.2, 0.25) is 0 Å². The van der Waals surface area contributed by atoms with Gasteiger partial charge in [0.05, 0.1) is 15.5 Å². The molecule has 104 valence electrons. The molecule has 2 aromatic rings. The number of halogens is 2. The number of rotatable bonds is 4. The Morgan fingerprint density at radius 1 is 1.05 bits per heavy atom. The monoisotopic (exact) mass is 312 g/mol. The van der Waals surface area contributed by atoms with Crippen molar-refractivity contribution in [3.05, 3.63) is 64.9 Å². The highest BCUT2D eigenvalue weighted by Gasteiger charge is 2.23. The van der Waals surface area contributed by atoms with Crippen molar-refractivity contribution in [2.75, 3.05) is 5.75 Å². The maximum absolute atomic E-state index is 13.5. The first-order chi connectivity index (χ1) is 9.42. The number of ketones is 1. The van der Waals surface area contributed by atoms with E-state index >= 15 is 0 Å². The van der Waals surface area contributed by atoms with Crippen molar-refractivity contribution >= 4 is 27.2 Å². The van der Waals surface area contributed by atoms with Crippen LogP contribution in [0, 0.1) is 5.82 Å². The van der Waals surface area contributed by atoms with Crippen LogP contribution in [-0.4, -0.2) is 20.0 Å². The zero-order valence-corrected chi connectivity index (χ0v) is 11.8. The lowest BCUT2D eigenvalue weighted by Crippen LogP contribution is -2.17. The molecule has 0 N–H and O–H groups in total. The minimum absolute atomic E-state index is 0.0360. The highest BCUT2D eigenvalue weighted by atomic mass is 35.5. The van der Waals surface area contributed by atoms with Crippen LogP contribution in [0.15, 0.2) is 53.4 Å². The van der Waals surface area contributed by atoms with E-state index in [4.69, 9.17) is 11.6 Å². The van der Waals surface area contributed by atoms with E-state index in [2.05, 4.69) is 0 Å². The Morgan fingerprint density at radius 2 is 1.65 bits per heavy atom. The lowest BCUT2D eigenvalue weighted by Gasteiger charge is -2.06. The van der Waals surface area contributed by atoms with Crippen molar-refractivity contribution in [2.45, 2.75) is 4.90 Å². The van der Waals surface area contributed by atoms with Gasteiger partial charge in [-0.15, -0.1) is 0 Å². The summed E-state index contributed by atoms with van der Waals surface area (Å²) in [5, 5.41) is 0.0360. The molecule has 0 saturated heterocycles. The highest BCUT2D eigenvalue weighted by molar-refractivity contribution is 7.92. The minimum atomic E-state index is -3.90. The van der Waals surface area contributed by atoms with Crippen molar-refractivity contribution in [3.63, 3.8) is 0 Å².